The zero-order chi connectivity index (χ0) is 15.7. The van der Waals surface area contributed by atoms with Crippen molar-refractivity contribution >= 4 is 16.0 Å². The van der Waals surface area contributed by atoms with Gasteiger partial charge in [-0.05, 0) is 31.2 Å². The van der Waals surface area contributed by atoms with E-state index in [1.54, 1.807) is 18.2 Å². The Morgan fingerprint density at radius 1 is 1.19 bits per heavy atom. The van der Waals surface area contributed by atoms with Crippen LogP contribution in [0, 0.1) is 0 Å². The second kappa shape index (κ2) is 8.23. The molecule has 7 heteroatoms. The SMILES string of the molecule is CC=CC=CC(=O)OCCOc1ccc(S(N)(=O)=O)cc1. The Balaban J connectivity index is 2.35. The monoisotopic (exact) mass is 311 g/mol. The Morgan fingerprint density at radius 3 is 2.43 bits per heavy atom. The fourth-order valence-electron chi connectivity index (χ4n) is 1.32. The fraction of sp³-hybridized carbons (Fsp3) is 0.214. The molecule has 6 nitrogen and oxygen atoms in total. The van der Waals surface area contributed by atoms with Crippen LogP contribution in [0.2, 0.25) is 0 Å². The van der Waals surface area contributed by atoms with Crippen molar-refractivity contribution in [3.05, 3.63) is 48.6 Å². The molecule has 0 aromatic heterocycles. The van der Waals surface area contributed by atoms with Crippen molar-refractivity contribution in [2.24, 2.45) is 5.14 Å². The molecule has 0 saturated heterocycles. The predicted octanol–water partition coefficient (Wildman–Crippen LogP) is 1.39. The highest BCUT2D eigenvalue weighted by molar-refractivity contribution is 7.89. The Kier molecular flexibility index (Phi) is 6.64. The molecule has 1 rings (SSSR count). The molecule has 0 radical (unpaired) electrons. The molecule has 0 heterocycles. The number of nitrogens with two attached hydrogens (primary N) is 1. The highest BCUT2D eigenvalue weighted by Crippen LogP contribution is 2.14. The van der Waals surface area contributed by atoms with E-state index in [9.17, 15) is 13.2 Å². The summed E-state index contributed by atoms with van der Waals surface area (Å²) < 4.78 is 32.3. The number of carbonyl (C=O) groups excluding carboxylic acids is 1. The number of hydrogen-bond donors (Lipinski definition) is 1. The Morgan fingerprint density at radius 2 is 1.86 bits per heavy atom. The summed E-state index contributed by atoms with van der Waals surface area (Å²) in [5.74, 6) is 0.00387. The molecule has 114 valence electrons. The van der Waals surface area contributed by atoms with Gasteiger partial charge in [-0.25, -0.2) is 18.4 Å². The minimum Gasteiger partial charge on any atom is -0.490 e. The lowest BCUT2D eigenvalue weighted by Crippen LogP contribution is -2.12. The number of hydrogen-bond acceptors (Lipinski definition) is 5. The van der Waals surface area contributed by atoms with Crippen molar-refractivity contribution < 1.29 is 22.7 Å². The number of esters is 1. The molecule has 0 spiro atoms. The molecule has 2 N–H and O–H groups in total. The van der Waals surface area contributed by atoms with Crippen LogP contribution in [0.15, 0.2) is 53.5 Å². The van der Waals surface area contributed by atoms with Gasteiger partial charge in [-0.3, -0.25) is 0 Å². The predicted molar refractivity (Wildman–Crippen MR) is 78.2 cm³/mol. The molecule has 0 aliphatic rings. The number of carbonyl (C=O) groups is 1. The molecule has 0 unspecified atom stereocenters. The topological polar surface area (TPSA) is 95.7 Å². The van der Waals surface area contributed by atoms with Gasteiger partial charge in [0.1, 0.15) is 19.0 Å². The molecule has 0 bridgehead atoms. The summed E-state index contributed by atoms with van der Waals surface area (Å²) in [5.41, 5.74) is 0. The number of benzene rings is 1. The van der Waals surface area contributed by atoms with Gasteiger partial charge in [0.2, 0.25) is 10.0 Å². The van der Waals surface area contributed by atoms with Gasteiger partial charge in [0, 0.05) is 6.08 Å². The van der Waals surface area contributed by atoms with E-state index < -0.39 is 16.0 Å². The molecular formula is C14H17NO5S. The van der Waals surface area contributed by atoms with Gasteiger partial charge in [-0.1, -0.05) is 18.2 Å². The third-order valence-electron chi connectivity index (χ3n) is 2.28. The van der Waals surface area contributed by atoms with Gasteiger partial charge >= 0.3 is 5.97 Å². The highest BCUT2D eigenvalue weighted by Gasteiger charge is 2.06. The van der Waals surface area contributed by atoms with Gasteiger partial charge in [-0.2, -0.15) is 0 Å². The Bertz CT molecular complexity index is 617. The first kappa shape index (κ1) is 16.9. The van der Waals surface area contributed by atoms with Gasteiger partial charge in [-0.15, -0.1) is 0 Å². The summed E-state index contributed by atoms with van der Waals surface area (Å²) in [6, 6.07) is 5.65. The quantitative estimate of drug-likeness (QED) is 0.355. The van der Waals surface area contributed by atoms with Crippen molar-refractivity contribution in [1.82, 2.24) is 0 Å². The van der Waals surface area contributed by atoms with Gasteiger partial charge < -0.3 is 9.47 Å². The van der Waals surface area contributed by atoms with Crippen molar-refractivity contribution in [2.45, 2.75) is 11.8 Å². The van der Waals surface area contributed by atoms with Crippen LogP contribution < -0.4 is 9.88 Å². The maximum Gasteiger partial charge on any atom is 0.330 e. The van der Waals surface area contributed by atoms with Gasteiger partial charge in [0.05, 0.1) is 4.90 Å². The van der Waals surface area contributed by atoms with E-state index in [1.807, 2.05) is 6.92 Å². The maximum absolute atomic E-state index is 11.2. The summed E-state index contributed by atoms with van der Waals surface area (Å²) in [7, 11) is -3.71. The van der Waals surface area contributed by atoms with E-state index in [1.165, 1.54) is 30.3 Å². The molecule has 1 aromatic rings. The Hall–Kier alpha value is -2.12. The van der Waals surface area contributed by atoms with Crippen LogP contribution in [0.4, 0.5) is 0 Å². The van der Waals surface area contributed by atoms with Crippen LogP contribution in [0.3, 0.4) is 0 Å². The third-order valence-corrected chi connectivity index (χ3v) is 3.21. The van der Waals surface area contributed by atoms with E-state index in [0.717, 1.165) is 0 Å². The van der Waals surface area contributed by atoms with Crippen LogP contribution in [0.5, 0.6) is 5.75 Å². The lowest BCUT2D eigenvalue weighted by molar-refractivity contribution is -0.138. The number of ether oxygens (including phenoxy) is 2. The number of allylic oxidation sites excluding steroid dienone is 3. The number of sulfonamides is 1. The summed E-state index contributed by atoms with van der Waals surface area (Å²) in [6.07, 6.45) is 6.39. The highest BCUT2D eigenvalue weighted by atomic mass is 32.2. The zero-order valence-electron chi connectivity index (χ0n) is 11.6. The van der Waals surface area contributed by atoms with Gasteiger partial charge in [0.15, 0.2) is 0 Å². The van der Waals surface area contributed by atoms with E-state index in [2.05, 4.69) is 0 Å². The van der Waals surface area contributed by atoms with Crippen molar-refractivity contribution in [2.75, 3.05) is 13.2 Å². The summed E-state index contributed by atoms with van der Waals surface area (Å²) in [4.78, 5) is 11.2. The van der Waals surface area contributed by atoms with Crippen LogP contribution in [-0.4, -0.2) is 27.6 Å². The molecule has 0 atom stereocenters. The molecule has 1 aromatic carbocycles. The van der Waals surface area contributed by atoms with Gasteiger partial charge in [0.25, 0.3) is 0 Å². The molecule has 21 heavy (non-hydrogen) atoms. The summed E-state index contributed by atoms with van der Waals surface area (Å²) in [6.45, 7) is 2.10. The lowest BCUT2D eigenvalue weighted by Gasteiger charge is -2.06. The number of primary sulfonamides is 1. The molecule has 0 aliphatic carbocycles. The minimum absolute atomic E-state index is 0.00962. The van der Waals surface area contributed by atoms with Crippen LogP contribution in [0.1, 0.15) is 6.92 Å². The first-order valence-electron chi connectivity index (χ1n) is 6.15. The summed E-state index contributed by atoms with van der Waals surface area (Å²) in [5, 5.41) is 4.97. The molecular weight excluding hydrogens is 294 g/mol. The van der Waals surface area contributed by atoms with Crippen molar-refractivity contribution in [3.63, 3.8) is 0 Å². The largest absolute Gasteiger partial charge is 0.490 e. The minimum atomic E-state index is -3.71. The average Bonchev–Trinajstić information content (AvgIpc) is 2.43. The molecule has 0 amide bonds. The first-order valence-corrected chi connectivity index (χ1v) is 7.70. The second-order valence-corrected chi connectivity index (χ2v) is 5.48. The van der Waals surface area contributed by atoms with Crippen LogP contribution in [0.25, 0.3) is 0 Å². The zero-order valence-corrected chi connectivity index (χ0v) is 12.4. The molecule has 0 fully saturated rings. The van der Waals surface area contributed by atoms with Crippen molar-refractivity contribution in [1.29, 1.82) is 0 Å². The molecule has 0 saturated carbocycles. The second-order valence-electron chi connectivity index (χ2n) is 3.92. The lowest BCUT2D eigenvalue weighted by atomic mass is 10.3. The Labute approximate surface area is 123 Å². The smallest absolute Gasteiger partial charge is 0.330 e. The average molecular weight is 311 g/mol. The van der Waals surface area contributed by atoms with E-state index in [-0.39, 0.29) is 18.1 Å². The van der Waals surface area contributed by atoms with Crippen LogP contribution in [-0.2, 0) is 19.6 Å². The van der Waals surface area contributed by atoms with E-state index >= 15 is 0 Å². The van der Waals surface area contributed by atoms with E-state index in [0.29, 0.717) is 5.75 Å². The fourth-order valence-corrected chi connectivity index (χ4v) is 1.84. The number of rotatable bonds is 7. The maximum atomic E-state index is 11.2. The normalized spacial score (nSPS) is 11.9. The standard InChI is InChI=1S/C14H17NO5S/c1-2-3-4-5-14(16)20-11-10-19-12-6-8-13(9-7-12)21(15,17)18/h2-9H,10-11H2,1H3,(H2,15,17,18). The molecule has 0 aliphatic heterocycles. The third kappa shape index (κ3) is 6.73. The van der Waals surface area contributed by atoms with Crippen molar-refractivity contribution in [3.8, 4) is 5.75 Å². The summed E-state index contributed by atoms with van der Waals surface area (Å²) >= 11 is 0. The first-order chi connectivity index (χ1) is 9.93. The van der Waals surface area contributed by atoms with E-state index in [4.69, 9.17) is 14.6 Å². The van der Waals surface area contributed by atoms with Crippen LogP contribution >= 0.6 is 0 Å².